The van der Waals surface area contributed by atoms with Gasteiger partial charge in [-0.3, -0.25) is 9.59 Å². The van der Waals surface area contributed by atoms with Gasteiger partial charge in [-0.25, -0.2) is 0 Å². The van der Waals surface area contributed by atoms with Crippen LogP contribution in [0, 0.1) is 0 Å². The van der Waals surface area contributed by atoms with Gasteiger partial charge in [-0.05, 0) is 24.5 Å². The van der Waals surface area contributed by atoms with Gasteiger partial charge < -0.3 is 20.3 Å². The van der Waals surface area contributed by atoms with Gasteiger partial charge in [-0.2, -0.15) is 0 Å². The number of hydrogen-bond donors (Lipinski definition) is 3. The van der Waals surface area contributed by atoms with Crippen LogP contribution in [-0.2, 0) is 16.6 Å². The molecule has 0 aliphatic rings. The van der Waals surface area contributed by atoms with E-state index in [1.54, 1.807) is 12.1 Å². The van der Waals surface area contributed by atoms with Crippen molar-refractivity contribution >= 4 is 40.2 Å². The number of benzene rings is 2. The van der Waals surface area contributed by atoms with Crippen molar-refractivity contribution in [2.75, 3.05) is 18.1 Å². The molecule has 27 heavy (non-hydrogen) atoms. The molecule has 0 aliphatic carbocycles. The normalized spacial score (nSPS) is 12.0. The summed E-state index contributed by atoms with van der Waals surface area (Å²) in [5, 5.41) is 16.5. The number of thioether (sulfide) groups is 1. The summed E-state index contributed by atoms with van der Waals surface area (Å²) in [5.41, 5.74) is 2.28. The Morgan fingerprint density at radius 3 is 2.59 bits per heavy atom. The average molecular weight is 383 g/mol. The lowest BCUT2D eigenvalue weighted by Gasteiger charge is -2.12. The highest BCUT2D eigenvalue weighted by Gasteiger charge is 2.19. The predicted octanol–water partition coefficient (Wildman–Crippen LogP) is 2.69. The largest absolute Gasteiger partial charge is 0.386 e. The van der Waals surface area contributed by atoms with Gasteiger partial charge in [-0.1, -0.05) is 30.3 Å². The molecule has 3 rings (SSSR count). The molecule has 2 amide bonds. The van der Waals surface area contributed by atoms with E-state index < -0.39 is 17.9 Å². The number of fused-ring (bicyclic) bond motifs is 1. The quantitative estimate of drug-likeness (QED) is 0.467. The SMILES string of the molecule is CSc1ccccc1NC(=O)C(=O)NCC(O)c1cn(C)c2ccccc12. The lowest BCUT2D eigenvalue weighted by atomic mass is 10.1. The van der Waals surface area contributed by atoms with Crippen molar-refractivity contribution in [2.45, 2.75) is 11.0 Å². The Labute approximate surface area is 161 Å². The summed E-state index contributed by atoms with van der Waals surface area (Å²) in [7, 11) is 1.90. The van der Waals surface area contributed by atoms with Gasteiger partial charge >= 0.3 is 11.8 Å². The maximum atomic E-state index is 12.1. The second-order valence-corrected chi connectivity index (χ2v) is 6.94. The smallest absolute Gasteiger partial charge is 0.313 e. The van der Waals surface area contributed by atoms with E-state index in [4.69, 9.17) is 0 Å². The number of nitrogens with one attached hydrogen (secondary N) is 2. The van der Waals surface area contributed by atoms with Gasteiger partial charge in [0, 0.05) is 41.2 Å². The highest BCUT2D eigenvalue weighted by atomic mass is 32.2. The summed E-state index contributed by atoms with van der Waals surface area (Å²) >= 11 is 1.48. The molecule has 1 atom stereocenters. The molecule has 3 aromatic rings. The van der Waals surface area contributed by atoms with E-state index in [1.165, 1.54) is 11.8 Å². The van der Waals surface area contributed by atoms with E-state index in [-0.39, 0.29) is 6.54 Å². The zero-order valence-corrected chi connectivity index (χ0v) is 15.9. The van der Waals surface area contributed by atoms with Crippen molar-refractivity contribution in [3.05, 3.63) is 60.3 Å². The fourth-order valence-electron chi connectivity index (χ4n) is 2.95. The van der Waals surface area contributed by atoms with E-state index in [2.05, 4.69) is 10.6 Å². The van der Waals surface area contributed by atoms with Crippen molar-refractivity contribution in [1.82, 2.24) is 9.88 Å². The Balaban J connectivity index is 1.63. The molecule has 7 heteroatoms. The minimum atomic E-state index is -0.911. The molecule has 140 valence electrons. The molecule has 6 nitrogen and oxygen atoms in total. The number of rotatable bonds is 5. The first-order chi connectivity index (χ1) is 13.0. The molecular weight excluding hydrogens is 362 g/mol. The minimum Gasteiger partial charge on any atom is -0.386 e. The van der Waals surface area contributed by atoms with Crippen molar-refractivity contribution in [3.8, 4) is 0 Å². The number of para-hydroxylation sites is 2. The number of aliphatic hydroxyl groups excluding tert-OH is 1. The van der Waals surface area contributed by atoms with Gasteiger partial charge in [0.2, 0.25) is 0 Å². The van der Waals surface area contributed by atoms with Crippen LogP contribution in [0.2, 0.25) is 0 Å². The standard InChI is InChI=1S/C20H21N3O3S/c1-23-12-14(13-7-3-5-9-16(13)23)17(24)11-21-19(25)20(26)22-15-8-4-6-10-18(15)27-2/h3-10,12,17,24H,11H2,1-2H3,(H,21,25)(H,22,26). The Hall–Kier alpha value is -2.77. The number of carbonyl (C=O) groups excluding carboxylic acids is 2. The molecule has 1 aromatic heterocycles. The second kappa shape index (κ2) is 8.28. The van der Waals surface area contributed by atoms with Crippen LogP contribution in [0.1, 0.15) is 11.7 Å². The molecule has 0 spiro atoms. The fraction of sp³-hybridized carbons (Fsp3) is 0.200. The average Bonchev–Trinajstić information content (AvgIpc) is 3.03. The first-order valence-electron chi connectivity index (χ1n) is 8.45. The van der Waals surface area contributed by atoms with Gasteiger partial charge in [0.1, 0.15) is 0 Å². The van der Waals surface area contributed by atoms with Crippen LogP contribution in [0.5, 0.6) is 0 Å². The molecule has 0 saturated heterocycles. The number of carbonyl (C=O) groups is 2. The first-order valence-corrected chi connectivity index (χ1v) is 9.68. The van der Waals surface area contributed by atoms with Crippen LogP contribution in [0.25, 0.3) is 10.9 Å². The fourth-order valence-corrected chi connectivity index (χ4v) is 3.50. The number of aromatic nitrogens is 1. The molecule has 0 radical (unpaired) electrons. The third kappa shape index (κ3) is 4.15. The highest BCUT2D eigenvalue weighted by Crippen LogP contribution is 2.26. The molecular formula is C20H21N3O3S. The predicted molar refractivity (Wildman–Crippen MR) is 108 cm³/mol. The zero-order chi connectivity index (χ0) is 19.4. The van der Waals surface area contributed by atoms with Gasteiger partial charge in [0.05, 0.1) is 11.8 Å². The van der Waals surface area contributed by atoms with Crippen molar-refractivity contribution in [1.29, 1.82) is 0 Å². The topological polar surface area (TPSA) is 83.4 Å². The second-order valence-electron chi connectivity index (χ2n) is 6.09. The maximum Gasteiger partial charge on any atom is 0.313 e. The number of amides is 2. The molecule has 1 unspecified atom stereocenters. The summed E-state index contributed by atoms with van der Waals surface area (Å²) in [6.45, 7) is -0.0512. The summed E-state index contributed by atoms with van der Waals surface area (Å²) in [6, 6.07) is 15.0. The number of nitrogens with zero attached hydrogens (tertiary/aromatic N) is 1. The van der Waals surface area contributed by atoms with Crippen molar-refractivity contribution in [2.24, 2.45) is 7.05 Å². The molecule has 0 bridgehead atoms. The lowest BCUT2D eigenvalue weighted by Crippen LogP contribution is -2.37. The van der Waals surface area contributed by atoms with Gasteiger partial charge in [0.15, 0.2) is 0 Å². The third-order valence-corrected chi connectivity index (χ3v) is 5.10. The van der Waals surface area contributed by atoms with E-state index in [9.17, 15) is 14.7 Å². The van der Waals surface area contributed by atoms with E-state index in [1.807, 2.05) is 60.5 Å². The van der Waals surface area contributed by atoms with Crippen LogP contribution >= 0.6 is 11.8 Å². The Bertz CT molecular complexity index is 984. The summed E-state index contributed by atoms with van der Waals surface area (Å²) in [5.74, 6) is -1.55. The molecule has 1 heterocycles. The number of aliphatic hydroxyl groups is 1. The maximum absolute atomic E-state index is 12.1. The van der Waals surface area contributed by atoms with E-state index in [0.717, 1.165) is 15.8 Å². The van der Waals surface area contributed by atoms with Crippen molar-refractivity contribution < 1.29 is 14.7 Å². The number of aryl methyl sites for hydroxylation is 1. The summed E-state index contributed by atoms with van der Waals surface area (Å²) in [4.78, 5) is 25.1. The van der Waals surface area contributed by atoms with Gasteiger partial charge in [0.25, 0.3) is 0 Å². The zero-order valence-electron chi connectivity index (χ0n) is 15.1. The molecule has 3 N–H and O–H groups in total. The molecule has 0 aliphatic heterocycles. The summed E-state index contributed by atoms with van der Waals surface area (Å²) < 4.78 is 1.92. The van der Waals surface area contributed by atoms with Crippen LogP contribution in [0.15, 0.2) is 59.6 Å². The number of anilines is 1. The molecule has 0 fully saturated rings. The minimum absolute atomic E-state index is 0.0512. The van der Waals surface area contributed by atoms with Crippen LogP contribution in [-0.4, -0.2) is 34.3 Å². The third-order valence-electron chi connectivity index (χ3n) is 4.30. The Morgan fingerprint density at radius 2 is 1.81 bits per heavy atom. The highest BCUT2D eigenvalue weighted by molar-refractivity contribution is 7.98. The van der Waals surface area contributed by atoms with Crippen LogP contribution < -0.4 is 10.6 Å². The van der Waals surface area contributed by atoms with E-state index in [0.29, 0.717) is 11.3 Å². The lowest BCUT2D eigenvalue weighted by molar-refractivity contribution is -0.136. The Kier molecular flexibility index (Phi) is 5.83. The Morgan fingerprint density at radius 1 is 1.11 bits per heavy atom. The summed E-state index contributed by atoms with van der Waals surface area (Å²) in [6.07, 6.45) is 2.81. The van der Waals surface area contributed by atoms with Crippen LogP contribution in [0.3, 0.4) is 0 Å². The number of hydrogen-bond acceptors (Lipinski definition) is 4. The van der Waals surface area contributed by atoms with Crippen LogP contribution in [0.4, 0.5) is 5.69 Å². The monoisotopic (exact) mass is 383 g/mol. The first kappa shape index (κ1) is 19.0. The molecule has 0 saturated carbocycles. The molecule has 2 aromatic carbocycles. The van der Waals surface area contributed by atoms with Crippen molar-refractivity contribution in [3.63, 3.8) is 0 Å². The van der Waals surface area contributed by atoms with Gasteiger partial charge in [-0.15, -0.1) is 11.8 Å². The van der Waals surface area contributed by atoms with E-state index >= 15 is 0 Å².